The molecule has 0 N–H and O–H groups in total. The summed E-state index contributed by atoms with van der Waals surface area (Å²) in [6.45, 7) is 2.26. The summed E-state index contributed by atoms with van der Waals surface area (Å²) in [5.41, 5.74) is 1.37. The van der Waals surface area contributed by atoms with Crippen LogP contribution in [0.25, 0.3) is 0 Å². The van der Waals surface area contributed by atoms with Crippen molar-refractivity contribution in [3.63, 3.8) is 0 Å². The van der Waals surface area contributed by atoms with Crippen molar-refractivity contribution in [2.45, 2.75) is 45.4 Å². The zero-order chi connectivity index (χ0) is 13.3. The predicted octanol–water partition coefficient (Wildman–Crippen LogP) is 3.09. The zero-order valence-corrected chi connectivity index (χ0v) is 11.8. The summed E-state index contributed by atoms with van der Waals surface area (Å²) in [7, 11) is 0. The lowest BCUT2D eigenvalue weighted by Crippen LogP contribution is -2.67. The Morgan fingerprint density at radius 3 is 2.32 bits per heavy atom. The maximum Gasteiger partial charge on any atom is 0.253 e. The number of hydrogen-bond acceptors (Lipinski definition) is 0. The Bertz CT molecular complexity index is 480. The fourth-order valence-electron chi connectivity index (χ4n) is 2.34. The lowest BCUT2D eigenvalue weighted by Gasteiger charge is -1.99. The van der Waals surface area contributed by atoms with E-state index in [0.29, 0.717) is 0 Å². The van der Waals surface area contributed by atoms with Crippen LogP contribution in [0.2, 0.25) is 0 Å². The van der Waals surface area contributed by atoms with Gasteiger partial charge in [0.2, 0.25) is 18.6 Å². The fourth-order valence-corrected chi connectivity index (χ4v) is 2.34. The molecule has 100 valence electrons. The van der Waals surface area contributed by atoms with E-state index >= 15 is 0 Å². The van der Waals surface area contributed by atoms with Crippen molar-refractivity contribution in [1.29, 1.82) is 0 Å². The van der Waals surface area contributed by atoms with E-state index in [-0.39, 0.29) is 0 Å². The Labute approximate surface area is 116 Å². The minimum Gasteiger partial charge on any atom is -0.0654 e. The Morgan fingerprint density at radius 2 is 1.53 bits per heavy atom. The topological polar surface area (TPSA) is 7.76 Å². The van der Waals surface area contributed by atoms with E-state index in [0.717, 1.165) is 6.42 Å². The lowest BCUT2D eigenvalue weighted by atomic mass is 10.1. The first-order valence-corrected chi connectivity index (χ1v) is 7.38. The van der Waals surface area contributed by atoms with Gasteiger partial charge >= 0.3 is 0 Å². The van der Waals surface area contributed by atoms with Crippen LogP contribution in [-0.4, -0.2) is 0 Å². The molecule has 0 aromatic carbocycles. The van der Waals surface area contributed by atoms with Gasteiger partial charge in [-0.2, -0.15) is 0 Å². The third-order valence-corrected chi connectivity index (χ3v) is 3.41. The van der Waals surface area contributed by atoms with E-state index in [4.69, 9.17) is 0 Å². The molecular formula is C17H24N2+2. The van der Waals surface area contributed by atoms with Crippen molar-refractivity contribution in [3.8, 4) is 0 Å². The monoisotopic (exact) mass is 256 g/mol. The molecule has 2 heterocycles. The molecule has 0 fully saturated rings. The van der Waals surface area contributed by atoms with E-state index in [9.17, 15) is 0 Å². The first-order chi connectivity index (χ1) is 9.42. The molecule has 0 saturated heterocycles. The third kappa shape index (κ3) is 4.16. The van der Waals surface area contributed by atoms with Crippen molar-refractivity contribution in [2.24, 2.45) is 0 Å². The van der Waals surface area contributed by atoms with Gasteiger partial charge in [-0.25, -0.2) is 0 Å². The van der Waals surface area contributed by atoms with Crippen LogP contribution in [0.3, 0.4) is 0 Å². The Balaban J connectivity index is 2.01. The minimum atomic E-state index is 1.15. The van der Waals surface area contributed by atoms with Crippen LogP contribution < -0.4 is 9.35 Å². The normalized spacial score (nSPS) is 10.6. The molecule has 2 aromatic heterocycles. The highest BCUT2D eigenvalue weighted by Crippen LogP contribution is 2.05. The number of unbranched alkanes of at least 4 members (excludes halogenated alkanes) is 4. The quantitative estimate of drug-likeness (QED) is 0.531. The van der Waals surface area contributed by atoms with Gasteiger partial charge in [-0.3, -0.25) is 0 Å². The van der Waals surface area contributed by atoms with Gasteiger partial charge in [0.15, 0.2) is 0 Å². The van der Waals surface area contributed by atoms with E-state index in [1.807, 2.05) is 6.07 Å². The predicted molar refractivity (Wildman–Crippen MR) is 76.5 cm³/mol. The van der Waals surface area contributed by atoms with Gasteiger partial charge in [-0.1, -0.05) is 32.6 Å². The molecule has 0 aliphatic carbocycles. The van der Waals surface area contributed by atoms with Crippen molar-refractivity contribution in [3.05, 3.63) is 60.7 Å². The smallest absolute Gasteiger partial charge is 0.0654 e. The summed E-state index contributed by atoms with van der Waals surface area (Å²) < 4.78 is 4.35. The number of hydrogen-bond donors (Lipinski definition) is 0. The van der Waals surface area contributed by atoms with E-state index in [1.54, 1.807) is 0 Å². The summed E-state index contributed by atoms with van der Waals surface area (Å²) in [6, 6.07) is 12.6. The standard InChI is InChI=1S/C17H24N2/c1-2-3-4-5-7-12-17-13-8-11-16-19(17)18-14-9-6-10-15-18/h6,8-11,13-16H,2-5,7,12H2,1H3/q+2. The van der Waals surface area contributed by atoms with Crippen LogP contribution in [0, 0.1) is 0 Å². The Morgan fingerprint density at radius 1 is 0.789 bits per heavy atom. The molecule has 0 saturated carbocycles. The second kappa shape index (κ2) is 7.67. The van der Waals surface area contributed by atoms with Crippen molar-refractivity contribution >= 4 is 0 Å². The van der Waals surface area contributed by atoms with Gasteiger partial charge in [0.1, 0.15) is 0 Å². The molecule has 2 aromatic rings. The summed E-state index contributed by atoms with van der Waals surface area (Å²) in [5.74, 6) is 0. The van der Waals surface area contributed by atoms with Crippen LogP contribution in [-0.2, 0) is 6.42 Å². The second-order valence-electron chi connectivity index (χ2n) is 4.96. The molecule has 2 heteroatoms. The highest BCUT2D eigenvalue weighted by atomic mass is 15.4. The van der Waals surface area contributed by atoms with Crippen LogP contribution >= 0.6 is 0 Å². The van der Waals surface area contributed by atoms with Crippen molar-refractivity contribution in [2.75, 3.05) is 0 Å². The third-order valence-electron chi connectivity index (χ3n) is 3.41. The molecule has 0 bridgehead atoms. The number of nitrogens with zero attached hydrogens (tertiary/aromatic N) is 2. The molecule has 0 unspecified atom stereocenters. The average molecular weight is 256 g/mol. The van der Waals surface area contributed by atoms with Crippen LogP contribution in [0.4, 0.5) is 0 Å². The van der Waals surface area contributed by atoms with Gasteiger partial charge in [0.25, 0.3) is 5.69 Å². The fraction of sp³-hybridized carbons (Fsp3) is 0.412. The van der Waals surface area contributed by atoms with Gasteiger partial charge in [-0.15, -0.1) is 0 Å². The Hall–Kier alpha value is -1.70. The molecule has 0 spiro atoms. The lowest BCUT2D eigenvalue weighted by molar-refractivity contribution is -1.30. The minimum absolute atomic E-state index is 1.15. The van der Waals surface area contributed by atoms with Gasteiger partial charge in [0.05, 0.1) is 9.35 Å². The SMILES string of the molecule is CCCCCCCc1cccc[n+]1-[n+]1ccccc1. The maximum absolute atomic E-state index is 2.26. The van der Waals surface area contributed by atoms with Gasteiger partial charge < -0.3 is 0 Å². The summed E-state index contributed by atoms with van der Waals surface area (Å²) >= 11 is 0. The van der Waals surface area contributed by atoms with Gasteiger partial charge in [0, 0.05) is 30.7 Å². The van der Waals surface area contributed by atoms with E-state index in [1.165, 1.54) is 37.8 Å². The first kappa shape index (κ1) is 13.7. The zero-order valence-electron chi connectivity index (χ0n) is 11.8. The first-order valence-electron chi connectivity index (χ1n) is 7.38. The molecule has 0 aliphatic heterocycles. The summed E-state index contributed by atoms with van der Waals surface area (Å²) in [5, 5.41) is 0. The largest absolute Gasteiger partial charge is 0.253 e. The molecule has 2 nitrogen and oxygen atoms in total. The van der Waals surface area contributed by atoms with E-state index in [2.05, 4.69) is 65.2 Å². The number of aromatic nitrogens is 2. The molecule has 0 amide bonds. The highest BCUT2D eigenvalue weighted by Gasteiger charge is 2.17. The van der Waals surface area contributed by atoms with Gasteiger partial charge in [-0.05, 0) is 18.6 Å². The molecular weight excluding hydrogens is 232 g/mol. The van der Waals surface area contributed by atoms with Crippen molar-refractivity contribution < 1.29 is 9.35 Å². The molecule has 2 rings (SSSR count). The number of rotatable bonds is 7. The molecule has 0 atom stereocenters. The number of aryl methyl sites for hydroxylation is 1. The van der Waals surface area contributed by atoms with Crippen LogP contribution in [0.15, 0.2) is 55.0 Å². The van der Waals surface area contributed by atoms with Crippen LogP contribution in [0.5, 0.6) is 0 Å². The van der Waals surface area contributed by atoms with Crippen molar-refractivity contribution in [1.82, 2.24) is 0 Å². The summed E-state index contributed by atoms with van der Waals surface area (Å²) in [6.07, 6.45) is 14.1. The highest BCUT2D eigenvalue weighted by molar-refractivity contribution is 4.96. The maximum atomic E-state index is 2.26. The average Bonchev–Trinajstić information content (AvgIpc) is 2.48. The molecule has 0 aliphatic rings. The molecule has 19 heavy (non-hydrogen) atoms. The van der Waals surface area contributed by atoms with Crippen LogP contribution in [0.1, 0.15) is 44.7 Å². The molecule has 0 radical (unpaired) electrons. The number of pyridine rings is 2. The second-order valence-corrected chi connectivity index (χ2v) is 4.96. The Kier molecular flexibility index (Phi) is 5.54. The van der Waals surface area contributed by atoms with E-state index < -0.39 is 0 Å². The summed E-state index contributed by atoms with van der Waals surface area (Å²) in [4.78, 5) is 0.